The van der Waals surface area contributed by atoms with E-state index in [-0.39, 0.29) is 23.4 Å². The number of amides is 1. The summed E-state index contributed by atoms with van der Waals surface area (Å²) in [6.45, 7) is 3.70. The van der Waals surface area contributed by atoms with Crippen molar-refractivity contribution in [1.29, 1.82) is 0 Å². The van der Waals surface area contributed by atoms with Crippen LogP contribution in [-0.4, -0.2) is 16.6 Å². The fourth-order valence-corrected chi connectivity index (χ4v) is 2.56. The zero-order valence-electron chi connectivity index (χ0n) is 12.2. The molecule has 0 aliphatic rings. The molecular formula is C15H16N2O4S. The number of nitrogens with one attached hydrogen (secondary N) is 1. The third-order valence-electron chi connectivity index (χ3n) is 2.98. The fourth-order valence-electron chi connectivity index (χ4n) is 1.85. The van der Waals surface area contributed by atoms with Crippen molar-refractivity contribution in [3.05, 3.63) is 58.0 Å². The van der Waals surface area contributed by atoms with Crippen molar-refractivity contribution in [1.82, 2.24) is 5.32 Å². The molecule has 6 nitrogen and oxygen atoms in total. The number of nitro benzene ring substituents is 1. The summed E-state index contributed by atoms with van der Waals surface area (Å²) in [5.74, 6) is 1.63. The van der Waals surface area contributed by atoms with Gasteiger partial charge in [-0.05, 0) is 38.1 Å². The van der Waals surface area contributed by atoms with E-state index in [0.29, 0.717) is 5.76 Å². The van der Waals surface area contributed by atoms with Gasteiger partial charge in [-0.1, -0.05) is 0 Å². The first-order valence-electron chi connectivity index (χ1n) is 6.68. The van der Waals surface area contributed by atoms with Gasteiger partial charge in [0.15, 0.2) is 0 Å². The van der Waals surface area contributed by atoms with Crippen LogP contribution in [0.2, 0.25) is 0 Å². The predicted molar refractivity (Wildman–Crippen MR) is 83.8 cm³/mol. The van der Waals surface area contributed by atoms with Crippen LogP contribution in [0.1, 0.15) is 24.5 Å². The van der Waals surface area contributed by atoms with E-state index in [2.05, 4.69) is 5.32 Å². The summed E-state index contributed by atoms with van der Waals surface area (Å²) in [5, 5.41) is 13.4. The van der Waals surface area contributed by atoms with Gasteiger partial charge in [0.25, 0.3) is 5.69 Å². The Kier molecular flexibility index (Phi) is 5.21. The van der Waals surface area contributed by atoms with E-state index in [1.54, 1.807) is 12.1 Å². The van der Waals surface area contributed by atoms with Crippen LogP contribution in [0.3, 0.4) is 0 Å². The standard InChI is InChI=1S/C15H16N2O4S/c1-10-3-8-14(21-10)11(2)16-15(18)9-22-13-6-4-12(5-7-13)17(19)20/h3-8,11H,9H2,1-2H3,(H,16,18). The van der Waals surface area contributed by atoms with Gasteiger partial charge in [-0.15, -0.1) is 11.8 Å². The van der Waals surface area contributed by atoms with Gasteiger partial charge in [-0.2, -0.15) is 0 Å². The van der Waals surface area contributed by atoms with Crippen molar-refractivity contribution in [3.63, 3.8) is 0 Å². The predicted octanol–water partition coefficient (Wildman–Crippen LogP) is 3.47. The maximum atomic E-state index is 11.9. The van der Waals surface area contributed by atoms with Gasteiger partial charge in [0.05, 0.1) is 16.7 Å². The minimum atomic E-state index is -0.450. The molecule has 1 unspecified atom stereocenters. The summed E-state index contributed by atoms with van der Waals surface area (Å²) in [5.41, 5.74) is 0.0376. The fraction of sp³-hybridized carbons (Fsp3) is 0.267. The summed E-state index contributed by atoms with van der Waals surface area (Å²) in [6.07, 6.45) is 0. The van der Waals surface area contributed by atoms with Gasteiger partial charge in [0, 0.05) is 17.0 Å². The summed E-state index contributed by atoms with van der Waals surface area (Å²) < 4.78 is 5.46. The lowest BCUT2D eigenvalue weighted by atomic mass is 10.2. The number of hydrogen-bond acceptors (Lipinski definition) is 5. The molecule has 1 atom stereocenters. The molecule has 0 aliphatic heterocycles. The van der Waals surface area contributed by atoms with E-state index >= 15 is 0 Å². The van der Waals surface area contributed by atoms with Gasteiger partial charge in [0.2, 0.25) is 5.91 Å². The summed E-state index contributed by atoms with van der Waals surface area (Å²) >= 11 is 1.33. The summed E-state index contributed by atoms with van der Waals surface area (Å²) in [6, 6.07) is 9.61. The molecule has 2 rings (SSSR count). The highest BCUT2D eigenvalue weighted by molar-refractivity contribution is 8.00. The van der Waals surface area contributed by atoms with Crippen LogP contribution in [-0.2, 0) is 4.79 Å². The number of thioether (sulfide) groups is 1. The first-order valence-corrected chi connectivity index (χ1v) is 7.67. The molecule has 0 bridgehead atoms. The van der Waals surface area contributed by atoms with Crippen LogP contribution in [0.4, 0.5) is 5.69 Å². The summed E-state index contributed by atoms with van der Waals surface area (Å²) in [7, 11) is 0. The number of non-ortho nitro benzene ring substituents is 1. The smallest absolute Gasteiger partial charge is 0.269 e. The number of carbonyl (C=O) groups is 1. The largest absolute Gasteiger partial charge is 0.464 e. The number of carbonyl (C=O) groups excluding carboxylic acids is 1. The van der Waals surface area contributed by atoms with E-state index in [1.807, 2.05) is 26.0 Å². The number of benzene rings is 1. The molecule has 2 aromatic rings. The molecule has 1 amide bonds. The van der Waals surface area contributed by atoms with Crippen molar-refractivity contribution >= 4 is 23.4 Å². The van der Waals surface area contributed by atoms with E-state index in [9.17, 15) is 14.9 Å². The Labute approximate surface area is 132 Å². The van der Waals surface area contributed by atoms with E-state index in [0.717, 1.165) is 10.7 Å². The zero-order chi connectivity index (χ0) is 16.1. The quantitative estimate of drug-likeness (QED) is 0.500. The molecule has 116 valence electrons. The van der Waals surface area contributed by atoms with Gasteiger partial charge in [-0.25, -0.2) is 0 Å². The maximum Gasteiger partial charge on any atom is 0.269 e. The van der Waals surface area contributed by atoms with E-state index in [1.165, 1.54) is 23.9 Å². The van der Waals surface area contributed by atoms with Gasteiger partial charge < -0.3 is 9.73 Å². The Morgan fingerprint density at radius 2 is 2.00 bits per heavy atom. The second-order valence-electron chi connectivity index (χ2n) is 4.78. The second-order valence-corrected chi connectivity index (χ2v) is 5.83. The van der Waals surface area contributed by atoms with Crippen molar-refractivity contribution in [3.8, 4) is 0 Å². The molecule has 1 heterocycles. The van der Waals surface area contributed by atoms with Crippen LogP contribution in [0, 0.1) is 17.0 Å². The Morgan fingerprint density at radius 1 is 1.32 bits per heavy atom. The van der Waals surface area contributed by atoms with Gasteiger partial charge in [-0.3, -0.25) is 14.9 Å². The lowest BCUT2D eigenvalue weighted by Gasteiger charge is -2.11. The molecule has 7 heteroatoms. The first kappa shape index (κ1) is 16.1. The molecule has 1 aromatic heterocycles. The Bertz CT molecular complexity index is 666. The topological polar surface area (TPSA) is 85.4 Å². The number of rotatable bonds is 6. The number of hydrogen-bond donors (Lipinski definition) is 1. The molecular weight excluding hydrogens is 304 g/mol. The molecule has 0 radical (unpaired) electrons. The molecule has 1 N–H and O–H groups in total. The molecule has 0 saturated heterocycles. The highest BCUT2D eigenvalue weighted by Crippen LogP contribution is 2.21. The summed E-state index contributed by atoms with van der Waals surface area (Å²) in [4.78, 5) is 22.8. The third kappa shape index (κ3) is 4.36. The van der Waals surface area contributed by atoms with Crippen molar-refractivity contribution in [2.45, 2.75) is 24.8 Å². The Morgan fingerprint density at radius 3 is 2.55 bits per heavy atom. The molecule has 0 fully saturated rings. The minimum Gasteiger partial charge on any atom is -0.464 e. The minimum absolute atomic E-state index is 0.0376. The zero-order valence-corrected chi connectivity index (χ0v) is 13.1. The molecule has 0 saturated carbocycles. The number of aryl methyl sites for hydroxylation is 1. The SMILES string of the molecule is Cc1ccc(C(C)NC(=O)CSc2ccc([N+](=O)[O-])cc2)o1. The van der Waals surface area contributed by atoms with Crippen molar-refractivity contribution in [2.75, 3.05) is 5.75 Å². The number of nitrogens with zero attached hydrogens (tertiary/aromatic N) is 1. The lowest BCUT2D eigenvalue weighted by molar-refractivity contribution is -0.384. The lowest BCUT2D eigenvalue weighted by Crippen LogP contribution is -2.27. The van der Waals surface area contributed by atoms with Crippen LogP contribution < -0.4 is 5.32 Å². The Balaban J connectivity index is 1.83. The third-order valence-corrected chi connectivity index (χ3v) is 3.99. The van der Waals surface area contributed by atoms with Crippen LogP contribution in [0.5, 0.6) is 0 Å². The number of nitro groups is 1. The van der Waals surface area contributed by atoms with Crippen molar-refractivity contribution < 1.29 is 14.1 Å². The molecule has 1 aromatic carbocycles. The molecule has 0 aliphatic carbocycles. The van der Waals surface area contributed by atoms with Gasteiger partial charge >= 0.3 is 0 Å². The molecule has 22 heavy (non-hydrogen) atoms. The maximum absolute atomic E-state index is 11.9. The van der Waals surface area contributed by atoms with E-state index < -0.39 is 4.92 Å². The highest BCUT2D eigenvalue weighted by Gasteiger charge is 2.13. The average molecular weight is 320 g/mol. The van der Waals surface area contributed by atoms with E-state index in [4.69, 9.17) is 4.42 Å². The van der Waals surface area contributed by atoms with Crippen LogP contribution >= 0.6 is 11.8 Å². The highest BCUT2D eigenvalue weighted by atomic mass is 32.2. The molecule has 0 spiro atoms. The monoisotopic (exact) mass is 320 g/mol. The number of furan rings is 1. The van der Waals surface area contributed by atoms with Crippen LogP contribution in [0.15, 0.2) is 45.7 Å². The van der Waals surface area contributed by atoms with Crippen molar-refractivity contribution in [2.24, 2.45) is 0 Å². The van der Waals surface area contributed by atoms with Crippen LogP contribution in [0.25, 0.3) is 0 Å². The average Bonchev–Trinajstić information content (AvgIpc) is 2.92. The first-order chi connectivity index (χ1) is 10.5. The second kappa shape index (κ2) is 7.13. The Hall–Kier alpha value is -2.28. The van der Waals surface area contributed by atoms with Gasteiger partial charge in [0.1, 0.15) is 11.5 Å². The normalized spacial score (nSPS) is 11.9.